The van der Waals surface area contributed by atoms with Crippen molar-refractivity contribution in [2.45, 2.75) is 25.0 Å². The molecule has 0 radical (unpaired) electrons. The van der Waals surface area contributed by atoms with Gasteiger partial charge in [0.2, 0.25) is 0 Å². The molecule has 1 fully saturated rings. The molecule has 5 nitrogen and oxygen atoms in total. The Morgan fingerprint density at radius 1 is 1.08 bits per heavy atom. The van der Waals surface area contributed by atoms with Gasteiger partial charge in [0, 0.05) is 0 Å². The quantitative estimate of drug-likeness (QED) is 0.792. The van der Waals surface area contributed by atoms with E-state index in [2.05, 4.69) is 5.32 Å². The third-order valence-electron chi connectivity index (χ3n) is 4.28. The van der Waals surface area contributed by atoms with Gasteiger partial charge in [-0.3, -0.25) is 9.69 Å². The number of halogens is 1. The van der Waals surface area contributed by atoms with E-state index in [1.807, 2.05) is 30.3 Å². The Morgan fingerprint density at radius 3 is 2.44 bits per heavy atom. The number of rotatable bonds is 6. The fraction of sp³-hybridized carbons (Fsp3) is 0.263. The topological polar surface area (TPSA) is 69.6 Å². The van der Waals surface area contributed by atoms with Gasteiger partial charge in [-0.05, 0) is 36.1 Å². The minimum Gasteiger partial charge on any atom is -0.387 e. The van der Waals surface area contributed by atoms with E-state index in [9.17, 15) is 19.1 Å². The van der Waals surface area contributed by atoms with E-state index in [-0.39, 0.29) is 12.5 Å². The lowest BCUT2D eigenvalue weighted by Crippen LogP contribution is -2.35. The first kappa shape index (κ1) is 17.1. The largest absolute Gasteiger partial charge is 0.387 e. The Morgan fingerprint density at radius 2 is 1.76 bits per heavy atom. The van der Waals surface area contributed by atoms with Crippen molar-refractivity contribution in [3.63, 3.8) is 0 Å². The fourth-order valence-electron chi connectivity index (χ4n) is 2.86. The first-order chi connectivity index (χ1) is 12.0. The molecule has 3 amide bonds. The third kappa shape index (κ3) is 4.03. The van der Waals surface area contributed by atoms with Crippen LogP contribution in [0.2, 0.25) is 0 Å². The van der Waals surface area contributed by atoms with Gasteiger partial charge in [-0.2, -0.15) is 0 Å². The zero-order valence-corrected chi connectivity index (χ0v) is 13.6. The van der Waals surface area contributed by atoms with Crippen molar-refractivity contribution in [1.29, 1.82) is 0 Å². The molecule has 1 aliphatic rings. The van der Waals surface area contributed by atoms with E-state index in [4.69, 9.17) is 0 Å². The number of amides is 3. The van der Waals surface area contributed by atoms with Crippen molar-refractivity contribution in [3.8, 4) is 0 Å². The average molecular weight is 342 g/mol. The average Bonchev–Trinajstić information content (AvgIpc) is 2.89. The van der Waals surface area contributed by atoms with Crippen LogP contribution in [0.4, 0.5) is 9.18 Å². The third-order valence-corrected chi connectivity index (χ3v) is 4.28. The highest BCUT2D eigenvalue weighted by molar-refractivity contribution is 6.04. The Kier molecular flexibility index (Phi) is 5.09. The SMILES string of the molecule is O=C1N[C@H](CCc2ccccc2)C(=O)N1C[C@@H](O)c1ccc(F)cc1. The lowest BCUT2D eigenvalue weighted by Gasteiger charge is -2.18. The molecule has 2 atom stereocenters. The number of imide groups is 1. The number of aliphatic hydroxyl groups is 1. The molecule has 0 aromatic heterocycles. The highest BCUT2D eigenvalue weighted by atomic mass is 19.1. The standard InChI is InChI=1S/C19H19FN2O3/c20-15-9-7-14(8-10-15)17(23)12-22-18(24)16(21-19(22)25)11-6-13-4-2-1-3-5-13/h1-5,7-10,16-17,23H,6,11-12H2,(H,21,25)/t16-,17-/m1/s1. The zero-order valence-electron chi connectivity index (χ0n) is 13.6. The molecule has 0 saturated carbocycles. The second-order valence-corrected chi connectivity index (χ2v) is 6.04. The van der Waals surface area contributed by atoms with Crippen LogP contribution in [0.3, 0.4) is 0 Å². The molecule has 0 bridgehead atoms. The Labute approximate surface area is 145 Å². The summed E-state index contributed by atoms with van der Waals surface area (Å²) in [5.41, 5.74) is 1.55. The molecule has 25 heavy (non-hydrogen) atoms. The molecule has 0 spiro atoms. The summed E-state index contributed by atoms with van der Waals surface area (Å²) in [4.78, 5) is 25.5. The predicted molar refractivity (Wildman–Crippen MR) is 90.2 cm³/mol. The van der Waals surface area contributed by atoms with Gasteiger partial charge in [0.25, 0.3) is 5.91 Å². The van der Waals surface area contributed by atoms with Crippen LogP contribution in [0.25, 0.3) is 0 Å². The second kappa shape index (κ2) is 7.44. The van der Waals surface area contributed by atoms with Crippen LogP contribution in [0.1, 0.15) is 23.7 Å². The number of urea groups is 1. The maximum atomic E-state index is 12.9. The summed E-state index contributed by atoms with van der Waals surface area (Å²) in [5, 5.41) is 12.9. The van der Waals surface area contributed by atoms with E-state index < -0.39 is 24.0 Å². The van der Waals surface area contributed by atoms with Gasteiger partial charge in [0.05, 0.1) is 12.6 Å². The molecular weight excluding hydrogens is 323 g/mol. The number of aliphatic hydroxyl groups excluding tert-OH is 1. The van der Waals surface area contributed by atoms with Gasteiger partial charge in [0.1, 0.15) is 11.9 Å². The number of β-amino-alcohol motifs (C(OH)–C–C–N with tert-alkyl or cyclic N) is 1. The van der Waals surface area contributed by atoms with Crippen molar-refractivity contribution in [2.24, 2.45) is 0 Å². The van der Waals surface area contributed by atoms with Crippen LogP contribution < -0.4 is 5.32 Å². The van der Waals surface area contributed by atoms with E-state index in [1.165, 1.54) is 24.3 Å². The Bertz CT molecular complexity index is 749. The van der Waals surface area contributed by atoms with E-state index in [0.29, 0.717) is 18.4 Å². The highest BCUT2D eigenvalue weighted by Crippen LogP contribution is 2.19. The van der Waals surface area contributed by atoms with Crippen LogP contribution in [0.5, 0.6) is 0 Å². The van der Waals surface area contributed by atoms with E-state index in [0.717, 1.165) is 10.5 Å². The molecule has 3 rings (SSSR count). The maximum Gasteiger partial charge on any atom is 0.324 e. The predicted octanol–water partition coefficient (Wildman–Crippen LogP) is 2.41. The van der Waals surface area contributed by atoms with Crippen LogP contribution in [-0.2, 0) is 11.2 Å². The van der Waals surface area contributed by atoms with Crippen molar-refractivity contribution in [1.82, 2.24) is 10.2 Å². The molecule has 130 valence electrons. The maximum absolute atomic E-state index is 12.9. The number of hydrogen-bond acceptors (Lipinski definition) is 3. The molecular formula is C19H19FN2O3. The molecule has 2 aromatic carbocycles. The van der Waals surface area contributed by atoms with E-state index >= 15 is 0 Å². The van der Waals surface area contributed by atoms with Crippen LogP contribution in [0, 0.1) is 5.82 Å². The minimum absolute atomic E-state index is 0.155. The number of nitrogens with one attached hydrogen (secondary N) is 1. The molecule has 6 heteroatoms. The second-order valence-electron chi connectivity index (χ2n) is 6.04. The van der Waals surface area contributed by atoms with Crippen molar-refractivity contribution in [3.05, 3.63) is 71.5 Å². The number of carbonyl (C=O) groups is 2. The summed E-state index contributed by atoms with van der Waals surface area (Å²) in [7, 11) is 0. The molecule has 2 aromatic rings. The first-order valence-electron chi connectivity index (χ1n) is 8.14. The number of carbonyl (C=O) groups excluding carboxylic acids is 2. The van der Waals surface area contributed by atoms with Crippen LogP contribution in [0.15, 0.2) is 54.6 Å². The fourth-order valence-corrected chi connectivity index (χ4v) is 2.86. The smallest absolute Gasteiger partial charge is 0.324 e. The summed E-state index contributed by atoms with van der Waals surface area (Å²) in [6, 6.07) is 13.9. The highest BCUT2D eigenvalue weighted by Gasteiger charge is 2.38. The summed E-state index contributed by atoms with van der Waals surface area (Å²) >= 11 is 0. The zero-order chi connectivity index (χ0) is 17.8. The normalized spacial score (nSPS) is 18.3. The number of benzene rings is 2. The number of aryl methyl sites for hydroxylation is 1. The van der Waals surface area contributed by atoms with Gasteiger partial charge in [0.15, 0.2) is 0 Å². The van der Waals surface area contributed by atoms with Gasteiger partial charge >= 0.3 is 6.03 Å². The number of nitrogens with zero attached hydrogens (tertiary/aromatic N) is 1. The van der Waals surface area contributed by atoms with Gasteiger partial charge in [-0.25, -0.2) is 9.18 Å². The molecule has 0 aliphatic carbocycles. The van der Waals surface area contributed by atoms with Gasteiger partial charge < -0.3 is 10.4 Å². The summed E-state index contributed by atoms with van der Waals surface area (Å²) in [5.74, 6) is -0.756. The summed E-state index contributed by atoms with van der Waals surface area (Å²) < 4.78 is 12.9. The molecule has 2 N–H and O–H groups in total. The lowest BCUT2D eigenvalue weighted by molar-refractivity contribution is -0.128. The van der Waals surface area contributed by atoms with Gasteiger partial charge in [-0.15, -0.1) is 0 Å². The number of hydrogen-bond donors (Lipinski definition) is 2. The summed E-state index contributed by atoms with van der Waals surface area (Å²) in [6.07, 6.45) is 0.118. The molecule has 1 saturated heterocycles. The monoisotopic (exact) mass is 342 g/mol. The molecule has 0 unspecified atom stereocenters. The van der Waals surface area contributed by atoms with Gasteiger partial charge in [-0.1, -0.05) is 42.5 Å². The Hall–Kier alpha value is -2.73. The van der Waals surface area contributed by atoms with Crippen LogP contribution in [-0.4, -0.2) is 34.5 Å². The van der Waals surface area contributed by atoms with Crippen molar-refractivity contribution in [2.75, 3.05) is 6.54 Å². The van der Waals surface area contributed by atoms with Crippen LogP contribution >= 0.6 is 0 Å². The molecule has 1 heterocycles. The van der Waals surface area contributed by atoms with Crippen molar-refractivity contribution < 1.29 is 19.1 Å². The first-order valence-corrected chi connectivity index (χ1v) is 8.14. The summed E-state index contributed by atoms with van der Waals surface area (Å²) in [6.45, 7) is -0.155. The Balaban J connectivity index is 1.60. The molecule has 1 aliphatic heterocycles. The van der Waals surface area contributed by atoms with E-state index in [1.54, 1.807) is 0 Å². The minimum atomic E-state index is -1.05. The van der Waals surface area contributed by atoms with Crippen molar-refractivity contribution >= 4 is 11.9 Å². The lowest BCUT2D eigenvalue weighted by atomic mass is 10.0.